The fourth-order valence-electron chi connectivity index (χ4n) is 2.02. The van der Waals surface area contributed by atoms with E-state index in [0.29, 0.717) is 10.5 Å². The lowest BCUT2D eigenvalue weighted by Crippen LogP contribution is -2.35. The molecule has 20 heavy (non-hydrogen) atoms. The Balaban J connectivity index is 1.89. The van der Waals surface area contributed by atoms with Crippen LogP contribution in [0.2, 0.25) is 0 Å². The van der Waals surface area contributed by atoms with Crippen molar-refractivity contribution in [1.82, 2.24) is 14.3 Å². The fraction of sp³-hybridized carbons (Fsp3) is 0.308. The van der Waals surface area contributed by atoms with Gasteiger partial charge in [0, 0.05) is 43.1 Å². The number of carbonyl (C=O) groups is 1. The number of nitrogens with zero attached hydrogens (tertiary/aromatic N) is 3. The Morgan fingerprint density at radius 3 is 2.90 bits per heavy atom. The molecule has 1 saturated heterocycles. The zero-order valence-corrected chi connectivity index (χ0v) is 12.3. The molecule has 0 aromatic carbocycles. The third-order valence-corrected chi connectivity index (χ3v) is 4.96. The fourth-order valence-corrected chi connectivity index (χ4v) is 3.81. The second-order valence-electron chi connectivity index (χ2n) is 4.32. The molecular formula is C13H13N3O2S2. The van der Waals surface area contributed by atoms with Gasteiger partial charge in [0.1, 0.15) is 0 Å². The average Bonchev–Trinajstić information content (AvgIpc) is 2.49. The third kappa shape index (κ3) is 2.69. The summed E-state index contributed by atoms with van der Waals surface area (Å²) in [6.07, 6.45) is 3.14. The number of pyridine rings is 1. The third-order valence-electron chi connectivity index (χ3n) is 3.05. The first-order valence-corrected chi connectivity index (χ1v) is 8.24. The normalized spacial score (nSPS) is 15.5. The number of amides is 1. The maximum Gasteiger partial charge on any atom is 0.286 e. The summed E-state index contributed by atoms with van der Waals surface area (Å²) in [6.45, 7) is 1.57. The van der Waals surface area contributed by atoms with Gasteiger partial charge in [0.05, 0.1) is 4.90 Å². The number of fused-ring (bicyclic) bond motifs is 1. The highest BCUT2D eigenvalue weighted by Crippen LogP contribution is 2.25. The largest absolute Gasteiger partial charge is 0.332 e. The van der Waals surface area contributed by atoms with E-state index in [1.54, 1.807) is 12.3 Å². The first-order chi connectivity index (χ1) is 9.75. The van der Waals surface area contributed by atoms with E-state index in [4.69, 9.17) is 0 Å². The molecule has 0 bridgehead atoms. The standard InChI is InChI=1S/C13H13N3O2S2/c17-11-3-4-14-12-10(2-1-5-16(11)12)20-13(18)15-6-8-19-9-7-15/h1-5H,6-9H2. The molecule has 0 saturated carbocycles. The topological polar surface area (TPSA) is 54.7 Å². The van der Waals surface area contributed by atoms with Crippen LogP contribution in [0.3, 0.4) is 0 Å². The minimum absolute atomic E-state index is 0.0245. The second kappa shape index (κ2) is 5.88. The van der Waals surface area contributed by atoms with E-state index in [0.717, 1.165) is 36.4 Å². The molecule has 0 unspecified atom stereocenters. The Morgan fingerprint density at radius 1 is 1.30 bits per heavy atom. The van der Waals surface area contributed by atoms with Gasteiger partial charge in [0.15, 0.2) is 5.65 Å². The van der Waals surface area contributed by atoms with Crippen LogP contribution in [0, 0.1) is 0 Å². The van der Waals surface area contributed by atoms with Crippen LogP contribution in [-0.4, -0.2) is 44.1 Å². The van der Waals surface area contributed by atoms with Crippen LogP contribution >= 0.6 is 23.5 Å². The number of hydrogen-bond acceptors (Lipinski definition) is 5. The molecule has 2 aromatic rings. The first kappa shape index (κ1) is 13.5. The van der Waals surface area contributed by atoms with Crippen molar-refractivity contribution < 1.29 is 4.79 Å². The highest BCUT2D eigenvalue weighted by Gasteiger charge is 2.19. The average molecular weight is 307 g/mol. The van der Waals surface area contributed by atoms with Crippen LogP contribution in [0.4, 0.5) is 4.79 Å². The van der Waals surface area contributed by atoms with Crippen molar-refractivity contribution in [2.24, 2.45) is 0 Å². The van der Waals surface area contributed by atoms with Crippen molar-refractivity contribution in [3.05, 3.63) is 40.9 Å². The Hall–Kier alpha value is -1.47. The van der Waals surface area contributed by atoms with E-state index in [-0.39, 0.29) is 10.8 Å². The van der Waals surface area contributed by atoms with Gasteiger partial charge in [-0.1, -0.05) is 0 Å². The summed E-state index contributed by atoms with van der Waals surface area (Å²) in [5, 5.41) is 0.0245. The monoisotopic (exact) mass is 307 g/mol. The van der Waals surface area contributed by atoms with Crippen molar-refractivity contribution in [3.8, 4) is 0 Å². The molecule has 0 atom stereocenters. The molecule has 0 aliphatic carbocycles. The summed E-state index contributed by atoms with van der Waals surface area (Å²) in [5.41, 5.74) is 0.393. The van der Waals surface area contributed by atoms with E-state index in [1.165, 1.54) is 16.7 Å². The molecule has 1 aliphatic rings. The van der Waals surface area contributed by atoms with Crippen molar-refractivity contribution in [2.45, 2.75) is 4.90 Å². The van der Waals surface area contributed by atoms with E-state index < -0.39 is 0 Å². The van der Waals surface area contributed by atoms with Crippen molar-refractivity contribution in [3.63, 3.8) is 0 Å². The van der Waals surface area contributed by atoms with E-state index in [2.05, 4.69) is 4.98 Å². The molecular weight excluding hydrogens is 294 g/mol. The lowest BCUT2D eigenvalue weighted by molar-refractivity contribution is 0.228. The Kier molecular flexibility index (Phi) is 3.98. The lowest BCUT2D eigenvalue weighted by atomic mass is 10.4. The molecule has 0 radical (unpaired) electrons. The number of hydrogen-bond donors (Lipinski definition) is 0. The van der Waals surface area contributed by atoms with Gasteiger partial charge in [-0.3, -0.25) is 14.0 Å². The molecule has 1 fully saturated rings. The van der Waals surface area contributed by atoms with E-state index in [9.17, 15) is 9.59 Å². The van der Waals surface area contributed by atoms with Gasteiger partial charge in [-0.15, -0.1) is 0 Å². The predicted octanol–water partition coefficient (Wildman–Crippen LogP) is 1.96. The van der Waals surface area contributed by atoms with Crippen LogP contribution in [0.1, 0.15) is 0 Å². The minimum atomic E-state index is -0.140. The molecule has 0 spiro atoms. The molecule has 7 heteroatoms. The molecule has 1 aliphatic heterocycles. The summed E-state index contributed by atoms with van der Waals surface area (Å²) < 4.78 is 1.46. The van der Waals surface area contributed by atoms with Gasteiger partial charge in [-0.2, -0.15) is 11.8 Å². The maximum atomic E-state index is 12.3. The molecule has 3 heterocycles. The van der Waals surface area contributed by atoms with Gasteiger partial charge in [0.25, 0.3) is 10.8 Å². The number of carbonyl (C=O) groups excluding carboxylic acids is 1. The van der Waals surface area contributed by atoms with Gasteiger partial charge in [0.2, 0.25) is 0 Å². The summed E-state index contributed by atoms with van der Waals surface area (Å²) in [4.78, 5) is 30.8. The van der Waals surface area contributed by atoms with Gasteiger partial charge in [-0.05, 0) is 23.9 Å². The summed E-state index contributed by atoms with van der Waals surface area (Å²) in [5.74, 6) is 1.97. The number of aromatic nitrogens is 2. The van der Waals surface area contributed by atoms with Crippen LogP contribution in [0.15, 0.2) is 40.3 Å². The Morgan fingerprint density at radius 2 is 2.10 bits per heavy atom. The predicted molar refractivity (Wildman–Crippen MR) is 81.6 cm³/mol. The van der Waals surface area contributed by atoms with Gasteiger partial charge in [-0.25, -0.2) is 4.98 Å². The van der Waals surface area contributed by atoms with Crippen LogP contribution in [0.5, 0.6) is 0 Å². The molecule has 0 N–H and O–H groups in total. The number of rotatable bonds is 1. The first-order valence-electron chi connectivity index (χ1n) is 6.26. The Bertz CT molecular complexity index is 695. The van der Waals surface area contributed by atoms with Crippen LogP contribution in [-0.2, 0) is 0 Å². The van der Waals surface area contributed by atoms with E-state index >= 15 is 0 Å². The smallest absolute Gasteiger partial charge is 0.286 e. The Labute approximate surface area is 124 Å². The zero-order valence-electron chi connectivity index (χ0n) is 10.7. The minimum Gasteiger partial charge on any atom is -0.332 e. The van der Waals surface area contributed by atoms with Gasteiger partial charge >= 0.3 is 0 Å². The van der Waals surface area contributed by atoms with Crippen LogP contribution < -0.4 is 5.56 Å². The van der Waals surface area contributed by atoms with Crippen molar-refractivity contribution in [2.75, 3.05) is 24.6 Å². The summed E-state index contributed by atoms with van der Waals surface area (Å²) >= 11 is 3.01. The molecule has 104 valence electrons. The molecule has 1 amide bonds. The quantitative estimate of drug-likeness (QED) is 0.754. The highest BCUT2D eigenvalue weighted by atomic mass is 32.2. The second-order valence-corrected chi connectivity index (χ2v) is 6.53. The highest BCUT2D eigenvalue weighted by molar-refractivity contribution is 8.13. The van der Waals surface area contributed by atoms with Crippen molar-refractivity contribution >= 4 is 34.4 Å². The zero-order chi connectivity index (χ0) is 13.9. The van der Waals surface area contributed by atoms with Crippen molar-refractivity contribution in [1.29, 1.82) is 0 Å². The molecule has 5 nitrogen and oxygen atoms in total. The SMILES string of the molecule is O=C(Sc1cccn2c(=O)ccnc12)N1CCSCC1. The maximum absolute atomic E-state index is 12.3. The molecule has 2 aromatic heterocycles. The summed E-state index contributed by atoms with van der Waals surface area (Å²) in [6, 6.07) is 4.99. The van der Waals surface area contributed by atoms with E-state index in [1.807, 2.05) is 22.7 Å². The molecule has 3 rings (SSSR count). The lowest BCUT2D eigenvalue weighted by Gasteiger charge is -2.25. The van der Waals surface area contributed by atoms with Gasteiger partial charge < -0.3 is 4.90 Å². The summed E-state index contributed by atoms with van der Waals surface area (Å²) in [7, 11) is 0. The van der Waals surface area contributed by atoms with Crippen LogP contribution in [0.25, 0.3) is 5.65 Å². The number of thioether (sulfide) groups is 2.